The van der Waals surface area contributed by atoms with Crippen molar-refractivity contribution in [2.45, 2.75) is 122 Å². The fraction of sp³-hybridized carbons (Fsp3) is 0.962. The summed E-state index contributed by atoms with van der Waals surface area (Å²) in [6.45, 7) is 8.34. The van der Waals surface area contributed by atoms with Crippen LogP contribution in [0.15, 0.2) is 0 Å². The predicted molar refractivity (Wildman–Crippen MR) is 156 cm³/mol. The second-order valence-corrected chi connectivity index (χ2v) is 9.44. The third-order valence-corrected chi connectivity index (χ3v) is 6.36. The molecule has 1 unspecified atom stereocenters. The number of amides is 1. The lowest BCUT2D eigenvalue weighted by Gasteiger charge is -2.19. The highest BCUT2D eigenvalue weighted by Gasteiger charge is 2.13. The van der Waals surface area contributed by atoms with Gasteiger partial charge in [-0.3, -0.25) is 4.79 Å². The van der Waals surface area contributed by atoms with Gasteiger partial charge in [0.25, 0.3) is 0 Å². The van der Waals surface area contributed by atoms with Crippen LogP contribution >= 0.6 is 37.2 Å². The van der Waals surface area contributed by atoms with Crippen LogP contribution in [0.3, 0.4) is 0 Å². The number of carbonyl (C=O) groups excluding carboxylic acids is 1. The standard InChI is InChI=1S/C26H54N4O.3ClH/c1-2-3-4-5-6-7-8-9-10-11-12-17-25-24-26(31)30-23-16-21-28-19-14-13-18-27-20-15-22-29-25;;;/h25,27-29H,2-24H2,1H3,(H,30,31);3*1H. The molecule has 1 amide bonds. The van der Waals surface area contributed by atoms with Gasteiger partial charge in [0.1, 0.15) is 0 Å². The van der Waals surface area contributed by atoms with Crippen LogP contribution in [0.5, 0.6) is 0 Å². The lowest BCUT2D eigenvalue weighted by Crippen LogP contribution is -2.37. The minimum absolute atomic E-state index is 0. The summed E-state index contributed by atoms with van der Waals surface area (Å²) in [5.41, 5.74) is 0. The monoisotopic (exact) mass is 546 g/mol. The van der Waals surface area contributed by atoms with E-state index in [4.69, 9.17) is 0 Å². The minimum Gasteiger partial charge on any atom is -0.356 e. The maximum Gasteiger partial charge on any atom is 0.221 e. The average molecular weight is 548 g/mol. The molecule has 0 aliphatic carbocycles. The smallest absolute Gasteiger partial charge is 0.221 e. The van der Waals surface area contributed by atoms with Crippen LogP contribution in [0.25, 0.3) is 0 Å². The fourth-order valence-electron chi connectivity index (χ4n) is 4.34. The molecule has 0 bridgehead atoms. The highest BCUT2D eigenvalue weighted by atomic mass is 35.5. The molecule has 4 N–H and O–H groups in total. The van der Waals surface area contributed by atoms with E-state index in [0.717, 1.165) is 58.5 Å². The zero-order valence-electron chi connectivity index (χ0n) is 22.0. The summed E-state index contributed by atoms with van der Waals surface area (Å²) in [6.07, 6.45) is 21.5. The van der Waals surface area contributed by atoms with Gasteiger partial charge in [-0.1, -0.05) is 77.6 Å². The van der Waals surface area contributed by atoms with Crippen LogP contribution in [-0.4, -0.2) is 51.2 Å². The van der Waals surface area contributed by atoms with E-state index in [9.17, 15) is 4.79 Å². The Morgan fingerprint density at radius 1 is 0.618 bits per heavy atom. The van der Waals surface area contributed by atoms with Crippen molar-refractivity contribution in [3.63, 3.8) is 0 Å². The number of halogens is 3. The van der Waals surface area contributed by atoms with Gasteiger partial charge in [0.2, 0.25) is 5.91 Å². The summed E-state index contributed by atoms with van der Waals surface area (Å²) in [5, 5.41) is 13.8. The number of unbranched alkanes of at least 4 members (excludes halogenated alkanes) is 10. The summed E-state index contributed by atoms with van der Waals surface area (Å²) in [6, 6.07) is 0.326. The van der Waals surface area contributed by atoms with E-state index < -0.39 is 0 Å². The number of nitrogens with one attached hydrogen (secondary N) is 4. The fourth-order valence-corrected chi connectivity index (χ4v) is 4.34. The molecule has 1 aliphatic rings. The van der Waals surface area contributed by atoms with Crippen molar-refractivity contribution < 1.29 is 4.79 Å². The molecule has 1 heterocycles. The zero-order valence-corrected chi connectivity index (χ0v) is 24.4. The van der Waals surface area contributed by atoms with E-state index in [1.807, 2.05) is 0 Å². The number of rotatable bonds is 12. The highest BCUT2D eigenvalue weighted by Crippen LogP contribution is 2.13. The molecule has 1 aliphatic heterocycles. The molecule has 1 fully saturated rings. The molecule has 0 aromatic rings. The van der Waals surface area contributed by atoms with E-state index in [1.165, 1.54) is 83.5 Å². The molecule has 1 rings (SSSR count). The first-order valence-electron chi connectivity index (χ1n) is 13.7. The molecule has 0 aromatic heterocycles. The Hall–Kier alpha value is 0.220. The zero-order chi connectivity index (χ0) is 22.2. The first-order valence-corrected chi connectivity index (χ1v) is 13.7. The molecule has 8 heteroatoms. The average Bonchev–Trinajstić information content (AvgIpc) is 2.77. The molecule has 0 radical (unpaired) electrons. The second kappa shape index (κ2) is 31.3. The van der Waals surface area contributed by atoms with Gasteiger partial charge in [0, 0.05) is 19.0 Å². The van der Waals surface area contributed by atoms with Crippen molar-refractivity contribution in [2.75, 3.05) is 39.3 Å². The summed E-state index contributed by atoms with van der Waals surface area (Å²) >= 11 is 0. The van der Waals surface area contributed by atoms with Crippen LogP contribution in [0.4, 0.5) is 0 Å². The van der Waals surface area contributed by atoms with Crippen molar-refractivity contribution >= 4 is 43.1 Å². The maximum atomic E-state index is 12.4. The van der Waals surface area contributed by atoms with E-state index in [1.54, 1.807) is 0 Å². The lowest BCUT2D eigenvalue weighted by atomic mass is 10.0. The lowest BCUT2D eigenvalue weighted by molar-refractivity contribution is -0.121. The van der Waals surface area contributed by atoms with E-state index >= 15 is 0 Å². The van der Waals surface area contributed by atoms with Crippen LogP contribution in [0, 0.1) is 0 Å². The molecule has 34 heavy (non-hydrogen) atoms. The first-order chi connectivity index (χ1) is 15.3. The molecule has 1 atom stereocenters. The molecule has 1 saturated heterocycles. The highest BCUT2D eigenvalue weighted by molar-refractivity contribution is 5.86. The number of carbonyl (C=O) groups is 1. The van der Waals surface area contributed by atoms with Gasteiger partial charge >= 0.3 is 0 Å². The van der Waals surface area contributed by atoms with Crippen LogP contribution < -0.4 is 21.3 Å². The normalized spacial score (nSPS) is 19.0. The van der Waals surface area contributed by atoms with Crippen molar-refractivity contribution in [3.05, 3.63) is 0 Å². The Bertz CT molecular complexity index is 406. The van der Waals surface area contributed by atoms with Crippen molar-refractivity contribution in [2.24, 2.45) is 0 Å². The van der Waals surface area contributed by atoms with Crippen LogP contribution in [-0.2, 0) is 4.79 Å². The van der Waals surface area contributed by atoms with Crippen molar-refractivity contribution in [1.29, 1.82) is 0 Å². The van der Waals surface area contributed by atoms with Gasteiger partial charge in [-0.05, 0) is 64.8 Å². The Kier molecular flexibility index (Phi) is 35.6. The van der Waals surface area contributed by atoms with Gasteiger partial charge in [-0.15, -0.1) is 37.2 Å². The Morgan fingerprint density at radius 3 is 1.65 bits per heavy atom. The maximum absolute atomic E-state index is 12.4. The summed E-state index contributed by atoms with van der Waals surface area (Å²) < 4.78 is 0. The minimum atomic E-state index is 0. The Balaban J connectivity index is -0.00000320. The van der Waals surface area contributed by atoms with Crippen LogP contribution in [0.1, 0.15) is 116 Å². The molecule has 0 saturated carbocycles. The van der Waals surface area contributed by atoms with Crippen LogP contribution in [0.2, 0.25) is 0 Å². The summed E-state index contributed by atoms with van der Waals surface area (Å²) in [5.74, 6) is 0.211. The van der Waals surface area contributed by atoms with Gasteiger partial charge in [-0.25, -0.2) is 0 Å². The van der Waals surface area contributed by atoms with Crippen molar-refractivity contribution in [3.8, 4) is 0 Å². The van der Waals surface area contributed by atoms with E-state index in [0.29, 0.717) is 12.5 Å². The quantitative estimate of drug-likeness (QED) is 0.221. The van der Waals surface area contributed by atoms with Gasteiger partial charge in [0.05, 0.1) is 0 Å². The van der Waals surface area contributed by atoms with E-state index in [-0.39, 0.29) is 43.1 Å². The first kappa shape index (κ1) is 38.7. The number of hydrogen-bond acceptors (Lipinski definition) is 4. The molecular formula is C26H57Cl3N4O. The predicted octanol–water partition coefficient (Wildman–Crippen LogP) is 6.17. The Morgan fingerprint density at radius 2 is 1.09 bits per heavy atom. The molecular weight excluding hydrogens is 491 g/mol. The third-order valence-electron chi connectivity index (χ3n) is 6.36. The van der Waals surface area contributed by atoms with E-state index in [2.05, 4.69) is 28.2 Å². The summed E-state index contributed by atoms with van der Waals surface area (Å²) in [7, 11) is 0. The number of hydrogen-bond donors (Lipinski definition) is 4. The summed E-state index contributed by atoms with van der Waals surface area (Å²) in [4.78, 5) is 12.4. The Labute approximate surface area is 230 Å². The third kappa shape index (κ3) is 26.8. The molecule has 0 spiro atoms. The molecule has 208 valence electrons. The molecule has 0 aromatic carbocycles. The largest absolute Gasteiger partial charge is 0.356 e. The van der Waals surface area contributed by atoms with Gasteiger partial charge < -0.3 is 21.3 Å². The SMILES string of the molecule is CCCCCCCCCCCCCC1CC(=O)NCCCNCCCCNCCCN1.Cl.Cl.Cl. The van der Waals surface area contributed by atoms with Crippen molar-refractivity contribution in [1.82, 2.24) is 21.3 Å². The van der Waals surface area contributed by atoms with Gasteiger partial charge in [0.15, 0.2) is 0 Å². The molecule has 5 nitrogen and oxygen atoms in total. The topological polar surface area (TPSA) is 65.2 Å². The van der Waals surface area contributed by atoms with Gasteiger partial charge in [-0.2, -0.15) is 0 Å². The second-order valence-electron chi connectivity index (χ2n) is 9.44.